The fraction of sp³-hybridized carbons (Fsp3) is 0.318. The highest BCUT2D eigenvalue weighted by atomic mass is 32.1. The fourth-order valence-corrected chi connectivity index (χ4v) is 3.91. The molecule has 0 fully saturated rings. The lowest BCUT2D eigenvalue weighted by atomic mass is 10.0. The van der Waals surface area contributed by atoms with Crippen molar-refractivity contribution < 1.29 is 14.3 Å². The predicted molar refractivity (Wildman–Crippen MR) is 117 cm³/mol. The van der Waals surface area contributed by atoms with E-state index in [1.807, 2.05) is 51.1 Å². The van der Waals surface area contributed by atoms with Crippen LogP contribution >= 0.6 is 11.3 Å². The minimum atomic E-state index is -0.686. The summed E-state index contributed by atoms with van der Waals surface area (Å²) in [7, 11) is 1.69. The maximum absolute atomic E-state index is 13.2. The zero-order valence-corrected chi connectivity index (χ0v) is 17.8. The van der Waals surface area contributed by atoms with Crippen LogP contribution in [0.5, 0.6) is 5.75 Å². The number of hydrogen-bond donors (Lipinski definition) is 1. The zero-order chi connectivity index (χ0) is 21.0. The van der Waals surface area contributed by atoms with Gasteiger partial charge in [-0.15, -0.1) is 0 Å². The summed E-state index contributed by atoms with van der Waals surface area (Å²) in [6.07, 6.45) is 0. The van der Waals surface area contributed by atoms with Gasteiger partial charge in [0.05, 0.1) is 22.4 Å². The third-order valence-corrected chi connectivity index (χ3v) is 5.66. The Bertz CT molecular complexity index is 982. The molecule has 0 spiro atoms. The largest absolute Gasteiger partial charge is 0.493 e. The van der Waals surface area contributed by atoms with Gasteiger partial charge in [-0.2, -0.15) is 0 Å². The molecule has 6 nitrogen and oxygen atoms in total. The molecule has 1 unspecified atom stereocenters. The average molecular weight is 412 g/mol. The Balaban J connectivity index is 1.81. The number of para-hydroxylation sites is 2. The van der Waals surface area contributed by atoms with E-state index in [4.69, 9.17) is 4.74 Å². The van der Waals surface area contributed by atoms with Gasteiger partial charge in [-0.1, -0.05) is 49.4 Å². The van der Waals surface area contributed by atoms with Gasteiger partial charge < -0.3 is 10.1 Å². The minimum absolute atomic E-state index is 0.0949. The van der Waals surface area contributed by atoms with Crippen molar-refractivity contribution in [1.82, 2.24) is 10.3 Å². The normalized spacial score (nSPS) is 12.0. The smallest absolute Gasteiger partial charge is 0.255 e. The molecule has 152 valence electrons. The van der Waals surface area contributed by atoms with Gasteiger partial charge in [0.15, 0.2) is 5.13 Å². The Morgan fingerprint density at radius 2 is 1.83 bits per heavy atom. The van der Waals surface area contributed by atoms with Crippen LogP contribution in [0.1, 0.15) is 31.1 Å². The Labute approximate surface area is 174 Å². The number of carbonyl (C=O) groups is 2. The van der Waals surface area contributed by atoms with E-state index in [0.717, 1.165) is 10.2 Å². The first-order valence-corrected chi connectivity index (χ1v) is 10.4. The maximum Gasteiger partial charge on any atom is 0.255 e. The lowest BCUT2D eigenvalue weighted by molar-refractivity contribution is -0.121. The third kappa shape index (κ3) is 4.56. The second-order valence-electron chi connectivity index (χ2n) is 6.99. The van der Waals surface area contributed by atoms with Crippen molar-refractivity contribution in [2.24, 2.45) is 5.92 Å². The molecule has 0 bridgehead atoms. The van der Waals surface area contributed by atoms with Crippen molar-refractivity contribution in [3.05, 3.63) is 54.1 Å². The molecule has 1 aromatic heterocycles. The lowest BCUT2D eigenvalue weighted by Crippen LogP contribution is -2.50. The van der Waals surface area contributed by atoms with Gasteiger partial charge in [-0.25, -0.2) is 4.98 Å². The van der Waals surface area contributed by atoms with E-state index >= 15 is 0 Å². The van der Waals surface area contributed by atoms with Crippen molar-refractivity contribution >= 4 is 38.5 Å². The molecule has 0 saturated heterocycles. The van der Waals surface area contributed by atoms with Crippen LogP contribution in [0.4, 0.5) is 5.13 Å². The SMILES string of the molecule is CCOc1ccccc1C(=O)NC(C(=O)N(C)c1nc2ccccc2s1)C(C)C. The van der Waals surface area contributed by atoms with E-state index in [1.165, 1.54) is 16.2 Å². The fourth-order valence-electron chi connectivity index (χ4n) is 2.97. The third-order valence-electron chi connectivity index (χ3n) is 4.55. The number of carbonyl (C=O) groups excluding carboxylic acids is 2. The van der Waals surface area contributed by atoms with Gasteiger partial charge in [0.25, 0.3) is 11.8 Å². The number of likely N-dealkylation sites (N-methyl/N-ethyl adjacent to an activating group) is 1. The number of ether oxygens (including phenoxy) is 1. The second-order valence-corrected chi connectivity index (χ2v) is 7.99. The number of amides is 2. The summed E-state index contributed by atoms with van der Waals surface area (Å²) in [6.45, 7) is 6.13. The molecule has 0 aliphatic heterocycles. The van der Waals surface area contributed by atoms with Gasteiger partial charge in [0.2, 0.25) is 0 Å². The van der Waals surface area contributed by atoms with E-state index < -0.39 is 6.04 Å². The molecular formula is C22H25N3O3S. The Morgan fingerprint density at radius 1 is 1.14 bits per heavy atom. The Kier molecular flexibility index (Phi) is 6.49. The molecule has 1 heterocycles. The van der Waals surface area contributed by atoms with Crippen molar-refractivity contribution in [1.29, 1.82) is 0 Å². The number of hydrogen-bond acceptors (Lipinski definition) is 5. The molecule has 2 amide bonds. The summed E-state index contributed by atoms with van der Waals surface area (Å²) >= 11 is 1.45. The first-order chi connectivity index (χ1) is 13.9. The molecule has 0 aliphatic rings. The number of anilines is 1. The number of nitrogens with one attached hydrogen (secondary N) is 1. The van der Waals surface area contributed by atoms with Gasteiger partial charge in [0.1, 0.15) is 11.8 Å². The number of fused-ring (bicyclic) bond motifs is 1. The first kappa shape index (κ1) is 20.8. The number of benzene rings is 2. The van der Waals surface area contributed by atoms with Crippen LogP contribution in [0.25, 0.3) is 10.2 Å². The van der Waals surface area contributed by atoms with Crippen LogP contribution in [0.2, 0.25) is 0 Å². The molecule has 1 atom stereocenters. The molecule has 3 aromatic rings. The summed E-state index contributed by atoms with van der Waals surface area (Å²) in [4.78, 5) is 32.1. The lowest BCUT2D eigenvalue weighted by Gasteiger charge is -2.26. The number of nitrogens with zero attached hydrogens (tertiary/aromatic N) is 2. The summed E-state index contributed by atoms with van der Waals surface area (Å²) in [5.41, 5.74) is 1.26. The molecular weight excluding hydrogens is 386 g/mol. The van der Waals surface area contributed by atoms with Crippen LogP contribution in [0.3, 0.4) is 0 Å². The van der Waals surface area contributed by atoms with Gasteiger partial charge in [0, 0.05) is 7.05 Å². The molecule has 3 rings (SSSR count). The van der Waals surface area contributed by atoms with Gasteiger partial charge in [-0.05, 0) is 37.1 Å². The summed E-state index contributed by atoms with van der Waals surface area (Å²) in [5.74, 6) is -0.135. The van der Waals surface area contributed by atoms with Crippen LogP contribution < -0.4 is 15.0 Å². The van der Waals surface area contributed by atoms with Crippen molar-refractivity contribution in [3.8, 4) is 5.75 Å². The molecule has 0 radical (unpaired) electrons. The molecule has 29 heavy (non-hydrogen) atoms. The molecule has 2 aromatic carbocycles. The zero-order valence-electron chi connectivity index (χ0n) is 17.0. The topological polar surface area (TPSA) is 71.5 Å². The minimum Gasteiger partial charge on any atom is -0.493 e. The Hall–Kier alpha value is -2.93. The quantitative estimate of drug-likeness (QED) is 0.635. The Morgan fingerprint density at radius 3 is 2.52 bits per heavy atom. The summed E-state index contributed by atoms with van der Waals surface area (Å²) in [5, 5.41) is 3.49. The van der Waals surface area contributed by atoms with Crippen molar-refractivity contribution in [3.63, 3.8) is 0 Å². The highest BCUT2D eigenvalue weighted by molar-refractivity contribution is 7.22. The van der Waals surface area contributed by atoms with Crippen LogP contribution in [-0.2, 0) is 4.79 Å². The van der Waals surface area contributed by atoms with Crippen LogP contribution in [0, 0.1) is 5.92 Å². The number of aromatic nitrogens is 1. The van der Waals surface area contributed by atoms with Crippen molar-refractivity contribution in [2.45, 2.75) is 26.8 Å². The second kappa shape index (κ2) is 9.05. The van der Waals surface area contributed by atoms with Gasteiger partial charge in [-0.3, -0.25) is 14.5 Å². The molecule has 0 saturated carbocycles. The van der Waals surface area contributed by atoms with Crippen LogP contribution in [-0.4, -0.2) is 36.5 Å². The van der Waals surface area contributed by atoms with Gasteiger partial charge >= 0.3 is 0 Å². The average Bonchev–Trinajstić information content (AvgIpc) is 3.15. The summed E-state index contributed by atoms with van der Waals surface area (Å²) < 4.78 is 6.56. The van der Waals surface area contributed by atoms with E-state index in [2.05, 4.69) is 10.3 Å². The molecule has 1 N–H and O–H groups in total. The highest BCUT2D eigenvalue weighted by Gasteiger charge is 2.30. The number of thiazole rings is 1. The monoisotopic (exact) mass is 411 g/mol. The first-order valence-electron chi connectivity index (χ1n) is 9.58. The standard InChI is InChI=1S/C22H25N3O3S/c1-5-28-17-12-8-6-10-15(17)20(26)24-19(14(2)3)21(27)25(4)22-23-16-11-7-9-13-18(16)29-22/h6-14,19H,5H2,1-4H3,(H,24,26). The van der Waals surface area contributed by atoms with Crippen LogP contribution in [0.15, 0.2) is 48.5 Å². The maximum atomic E-state index is 13.2. The van der Waals surface area contributed by atoms with E-state index in [9.17, 15) is 9.59 Å². The number of rotatable bonds is 7. The summed E-state index contributed by atoms with van der Waals surface area (Å²) in [6, 6.07) is 14.1. The van der Waals surface area contributed by atoms with E-state index in [1.54, 1.807) is 25.2 Å². The van der Waals surface area contributed by atoms with Crippen molar-refractivity contribution in [2.75, 3.05) is 18.6 Å². The molecule has 7 heteroatoms. The van der Waals surface area contributed by atoms with E-state index in [0.29, 0.717) is 23.1 Å². The predicted octanol–water partition coefficient (Wildman–Crippen LogP) is 4.11. The highest BCUT2D eigenvalue weighted by Crippen LogP contribution is 2.28. The van der Waals surface area contributed by atoms with E-state index in [-0.39, 0.29) is 17.7 Å². The molecule has 0 aliphatic carbocycles.